The third-order valence-electron chi connectivity index (χ3n) is 3.27. The van der Waals surface area contributed by atoms with Crippen molar-refractivity contribution in [2.75, 3.05) is 31.1 Å². The van der Waals surface area contributed by atoms with Crippen molar-refractivity contribution in [3.8, 4) is 6.07 Å². The van der Waals surface area contributed by atoms with E-state index in [1.54, 1.807) is 0 Å². The van der Waals surface area contributed by atoms with Crippen molar-refractivity contribution >= 4 is 5.69 Å². The summed E-state index contributed by atoms with van der Waals surface area (Å²) in [6.45, 7) is 8.26. The van der Waals surface area contributed by atoms with Crippen molar-refractivity contribution in [1.29, 1.82) is 5.26 Å². The predicted octanol–water partition coefficient (Wildman–Crippen LogP) is 2.09. The Morgan fingerprint density at radius 1 is 1.29 bits per heavy atom. The zero-order chi connectivity index (χ0) is 12.3. The molecule has 1 aromatic rings. The van der Waals surface area contributed by atoms with Crippen LogP contribution in [0.4, 0.5) is 5.69 Å². The van der Waals surface area contributed by atoms with E-state index in [1.807, 2.05) is 6.07 Å². The maximum absolute atomic E-state index is 9.26. The van der Waals surface area contributed by atoms with Crippen LogP contribution in [0.2, 0.25) is 0 Å². The summed E-state index contributed by atoms with van der Waals surface area (Å²) >= 11 is 0. The Labute approximate surface area is 103 Å². The molecule has 1 heterocycles. The van der Waals surface area contributed by atoms with Crippen LogP contribution < -0.4 is 10.2 Å². The number of anilines is 1. The lowest BCUT2D eigenvalue weighted by atomic mass is 9.99. The van der Waals surface area contributed by atoms with Crippen LogP contribution in [0.1, 0.15) is 30.9 Å². The number of piperazine rings is 1. The number of rotatable bonds is 2. The summed E-state index contributed by atoms with van der Waals surface area (Å²) in [6, 6.07) is 8.59. The summed E-state index contributed by atoms with van der Waals surface area (Å²) < 4.78 is 0. The fraction of sp³-hybridized carbons (Fsp3) is 0.500. The van der Waals surface area contributed by atoms with Crippen molar-refractivity contribution in [2.24, 2.45) is 0 Å². The van der Waals surface area contributed by atoms with Crippen molar-refractivity contribution in [3.63, 3.8) is 0 Å². The van der Waals surface area contributed by atoms with E-state index in [4.69, 9.17) is 0 Å². The average molecular weight is 229 g/mol. The van der Waals surface area contributed by atoms with Crippen LogP contribution in [-0.4, -0.2) is 26.2 Å². The summed E-state index contributed by atoms with van der Waals surface area (Å²) in [5.74, 6) is 0.471. The number of nitriles is 1. The summed E-state index contributed by atoms with van der Waals surface area (Å²) in [6.07, 6.45) is 0. The lowest BCUT2D eigenvalue weighted by molar-refractivity contribution is 0.589. The van der Waals surface area contributed by atoms with E-state index in [-0.39, 0.29) is 0 Å². The number of benzene rings is 1. The molecule has 0 aliphatic carbocycles. The Morgan fingerprint density at radius 2 is 2.00 bits per heavy atom. The molecule has 1 N–H and O–H groups in total. The molecular weight excluding hydrogens is 210 g/mol. The van der Waals surface area contributed by atoms with Crippen LogP contribution in [0, 0.1) is 11.3 Å². The minimum absolute atomic E-state index is 0.471. The molecule has 3 nitrogen and oxygen atoms in total. The van der Waals surface area contributed by atoms with Crippen LogP contribution in [0.3, 0.4) is 0 Å². The predicted molar refractivity (Wildman–Crippen MR) is 70.3 cm³/mol. The summed E-state index contributed by atoms with van der Waals surface area (Å²) in [5.41, 5.74) is 3.12. The van der Waals surface area contributed by atoms with E-state index in [2.05, 4.69) is 42.3 Å². The summed E-state index contributed by atoms with van der Waals surface area (Å²) in [7, 11) is 0. The van der Waals surface area contributed by atoms with Crippen molar-refractivity contribution < 1.29 is 0 Å². The van der Waals surface area contributed by atoms with Gasteiger partial charge in [-0.2, -0.15) is 5.26 Å². The van der Waals surface area contributed by atoms with Gasteiger partial charge in [0, 0.05) is 26.2 Å². The molecule has 0 unspecified atom stereocenters. The first-order valence-electron chi connectivity index (χ1n) is 6.22. The van der Waals surface area contributed by atoms with Gasteiger partial charge in [-0.3, -0.25) is 0 Å². The summed E-state index contributed by atoms with van der Waals surface area (Å²) in [4.78, 5) is 2.29. The number of hydrogen-bond donors (Lipinski definition) is 1. The second kappa shape index (κ2) is 5.20. The Balaban J connectivity index is 2.30. The maximum Gasteiger partial charge on any atom is 0.101 e. The molecule has 1 fully saturated rings. The number of hydrogen-bond acceptors (Lipinski definition) is 3. The lowest BCUT2D eigenvalue weighted by Gasteiger charge is -2.30. The van der Waals surface area contributed by atoms with Crippen LogP contribution in [0.15, 0.2) is 18.2 Å². The van der Waals surface area contributed by atoms with E-state index < -0.39 is 0 Å². The zero-order valence-electron chi connectivity index (χ0n) is 10.5. The largest absolute Gasteiger partial charge is 0.368 e. The van der Waals surface area contributed by atoms with E-state index in [9.17, 15) is 5.26 Å². The topological polar surface area (TPSA) is 39.1 Å². The Kier molecular flexibility index (Phi) is 3.65. The fourth-order valence-corrected chi connectivity index (χ4v) is 2.18. The lowest BCUT2D eigenvalue weighted by Crippen LogP contribution is -2.43. The molecule has 0 saturated carbocycles. The first kappa shape index (κ1) is 11.9. The molecule has 2 rings (SSSR count). The molecule has 1 aliphatic heterocycles. The summed E-state index contributed by atoms with van der Waals surface area (Å²) in [5, 5.41) is 12.6. The molecule has 1 aromatic carbocycles. The van der Waals surface area contributed by atoms with E-state index in [0.29, 0.717) is 5.92 Å². The van der Waals surface area contributed by atoms with Gasteiger partial charge in [-0.1, -0.05) is 19.9 Å². The van der Waals surface area contributed by atoms with Gasteiger partial charge in [-0.05, 0) is 23.6 Å². The Bertz CT molecular complexity index is 426. The van der Waals surface area contributed by atoms with Crippen LogP contribution in [0.25, 0.3) is 0 Å². The standard InChI is InChI=1S/C14H19N3/c1-11(2)12-3-4-14(13(9-12)10-15)17-7-5-16-6-8-17/h3-4,9,11,16H,5-8H2,1-2H3. The zero-order valence-corrected chi connectivity index (χ0v) is 10.5. The second-order valence-corrected chi connectivity index (χ2v) is 4.78. The van der Waals surface area contributed by atoms with Gasteiger partial charge in [0.1, 0.15) is 6.07 Å². The molecule has 3 heteroatoms. The minimum atomic E-state index is 0.471. The monoisotopic (exact) mass is 229 g/mol. The normalized spacial score (nSPS) is 16.0. The molecule has 1 aliphatic rings. The second-order valence-electron chi connectivity index (χ2n) is 4.78. The molecule has 17 heavy (non-hydrogen) atoms. The maximum atomic E-state index is 9.26. The van der Waals surface area contributed by atoms with Crippen molar-refractivity contribution in [1.82, 2.24) is 5.32 Å². The van der Waals surface area contributed by atoms with Crippen molar-refractivity contribution in [3.05, 3.63) is 29.3 Å². The van der Waals surface area contributed by atoms with E-state index in [1.165, 1.54) is 5.56 Å². The third kappa shape index (κ3) is 2.59. The molecule has 1 saturated heterocycles. The highest BCUT2D eigenvalue weighted by Crippen LogP contribution is 2.25. The highest BCUT2D eigenvalue weighted by molar-refractivity contribution is 5.61. The SMILES string of the molecule is CC(C)c1ccc(N2CCNCC2)c(C#N)c1. The van der Waals surface area contributed by atoms with Gasteiger partial charge in [0.25, 0.3) is 0 Å². The average Bonchev–Trinajstić information content (AvgIpc) is 2.39. The highest BCUT2D eigenvalue weighted by atomic mass is 15.2. The third-order valence-corrected chi connectivity index (χ3v) is 3.27. The Hall–Kier alpha value is -1.53. The smallest absolute Gasteiger partial charge is 0.101 e. The van der Waals surface area contributed by atoms with Crippen LogP contribution >= 0.6 is 0 Å². The van der Waals surface area contributed by atoms with Gasteiger partial charge in [0.15, 0.2) is 0 Å². The molecule has 0 spiro atoms. The first-order chi connectivity index (χ1) is 8.22. The van der Waals surface area contributed by atoms with Gasteiger partial charge in [-0.25, -0.2) is 0 Å². The number of nitrogens with zero attached hydrogens (tertiary/aromatic N) is 2. The molecular formula is C14H19N3. The van der Waals surface area contributed by atoms with Gasteiger partial charge in [0.05, 0.1) is 11.3 Å². The van der Waals surface area contributed by atoms with Gasteiger partial charge >= 0.3 is 0 Å². The van der Waals surface area contributed by atoms with Crippen LogP contribution in [0.5, 0.6) is 0 Å². The number of nitrogens with one attached hydrogen (secondary N) is 1. The quantitative estimate of drug-likeness (QED) is 0.844. The highest BCUT2D eigenvalue weighted by Gasteiger charge is 2.14. The van der Waals surface area contributed by atoms with Crippen molar-refractivity contribution in [2.45, 2.75) is 19.8 Å². The molecule has 90 valence electrons. The van der Waals surface area contributed by atoms with Gasteiger partial charge in [-0.15, -0.1) is 0 Å². The molecule has 0 aromatic heterocycles. The molecule has 0 amide bonds. The molecule has 0 radical (unpaired) electrons. The van der Waals surface area contributed by atoms with E-state index >= 15 is 0 Å². The minimum Gasteiger partial charge on any atom is -0.368 e. The van der Waals surface area contributed by atoms with Crippen LogP contribution in [-0.2, 0) is 0 Å². The van der Waals surface area contributed by atoms with E-state index in [0.717, 1.165) is 37.4 Å². The Morgan fingerprint density at radius 3 is 2.59 bits per heavy atom. The molecule has 0 atom stereocenters. The molecule has 0 bridgehead atoms. The first-order valence-corrected chi connectivity index (χ1v) is 6.22. The van der Waals surface area contributed by atoms with Gasteiger partial charge < -0.3 is 10.2 Å². The fourth-order valence-electron chi connectivity index (χ4n) is 2.18. The van der Waals surface area contributed by atoms with Gasteiger partial charge in [0.2, 0.25) is 0 Å².